The molecule has 0 radical (unpaired) electrons. The SMILES string of the molecule is Cc1cnnn1N.Nc1ncn[nH]1. The molecular weight excluding hydrogens is 172 g/mol. The van der Waals surface area contributed by atoms with Crippen molar-refractivity contribution < 1.29 is 0 Å². The minimum Gasteiger partial charge on any atom is -0.368 e. The van der Waals surface area contributed by atoms with Crippen molar-refractivity contribution in [2.24, 2.45) is 0 Å². The second-order valence-electron chi connectivity index (χ2n) is 2.19. The fourth-order valence-corrected chi connectivity index (χ4v) is 0.510. The zero-order valence-corrected chi connectivity index (χ0v) is 7.05. The van der Waals surface area contributed by atoms with Crippen LogP contribution in [0.1, 0.15) is 5.69 Å². The largest absolute Gasteiger partial charge is 0.368 e. The van der Waals surface area contributed by atoms with Gasteiger partial charge in [0, 0.05) is 0 Å². The number of nitrogens with zero attached hydrogens (tertiary/aromatic N) is 5. The van der Waals surface area contributed by atoms with Crippen molar-refractivity contribution in [3.8, 4) is 0 Å². The summed E-state index contributed by atoms with van der Waals surface area (Å²) in [6, 6.07) is 0. The van der Waals surface area contributed by atoms with Gasteiger partial charge in [-0.3, -0.25) is 0 Å². The Morgan fingerprint density at radius 1 is 1.54 bits per heavy atom. The van der Waals surface area contributed by atoms with Crippen molar-refractivity contribution in [2.45, 2.75) is 6.92 Å². The molecule has 0 amide bonds. The maximum atomic E-state index is 5.18. The minimum absolute atomic E-state index is 0.356. The number of hydrogen-bond donors (Lipinski definition) is 3. The van der Waals surface area contributed by atoms with E-state index in [1.807, 2.05) is 6.92 Å². The van der Waals surface area contributed by atoms with Crippen molar-refractivity contribution >= 4 is 5.95 Å². The second kappa shape index (κ2) is 4.04. The lowest BCUT2D eigenvalue weighted by molar-refractivity contribution is 0.746. The average molecular weight is 182 g/mol. The number of aromatic amines is 1. The Morgan fingerprint density at radius 2 is 2.31 bits per heavy atom. The molecule has 2 aromatic rings. The summed E-state index contributed by atoms with van der Waals surface area (Å²) in [5, 5.41) is 12.8. The van der Waals surface area contributed by atoms with Crippen LogP contribution in [0.2, 0.25) is 0 Å². The third-order valence-corrected chi connectivity index (χ3v) is 1.19. The molecule has 0 aliphatic carbocycles. The highest BCUT2D eigenvalue weighted by Gasteiger charge is 1.86. The van der Waals surface area contributed by atoms with Gasteiger partial charge in [0.15, 0.2) is 0 Å². The van der Waals surface area contributed by atoms with E-state index < -0.39 is 0 Å². The monoisotopic (exact) mass is 182 g/mol. The van der Waals surface area contributed by atoms with E-state index in [0.29, 0.717) is 5.95 Å². The van der Waals surface area contributed by atoms with Crippen LogP contribution in [0, 0.1) is 6.92 Å². The molecule has 70 valence electrons. The summed E-state index contributed by atoms with van der Waals surface area (Å²) in [7, 11) is 0. The number of aromatic nitrogens is 6. The first-order valence-corrected chi connectivity index (χ1v) is 3.43. The molecule has 0 unspecified atom stereocenters. The molecule has 8 nitrogen and oxygen atoms in total. The van der Waals surface area contributed by atoms with Crippen LogP contribution in [-0.2, 0) is 0 Å². The fourth-order valence-electron chi connectivity index (χ4n) is 0.510. The predicted molar refractivity (Wildman–Crippen MR) is 45.7 cm³/mol. The normalized spacial score (nSPS) is 9.00. The van der Waals surface area contributed by atoms with E-state index in [9.17, 15) is 0 Å². The molecule has 0 saturated heterocycles. The topological polar surface area (TPSA) is 124 Å². The molecule has 0 spiro atoms. The summed E-state index contributed by atoms with van der Waals surface area (Å²) >= 11 is 0. The van der Waals surface area contributed by atoms with Crippen LogP contribution in [-0.4, -0.2) is 30.3 Å². The Labute approximate surface area is 73.9 Å². The lowest BCUT2D eigenvalue weighted by Crippen LogP contribution is -2.11. The number of nitrogens with two attached hydrogens (primary N) is 2. The van der Waals surface area contributed by atoms with Crippen molar-refractivity contribution in [1.29, 1.82) is 0 Å². The quantitative estimate of drug-likeness (QED) is 0.434. The highest BCUT2D eigenvalue weighted by molar-refractivity contribution is 5.07. The van der Waals surface area contributed by atoms with Gasteiger partial charge in [-0.15, -0.1) is 5.10 Å². The molecule has 0 aliphatic heterocycles. The van der Waals surface area contributed by atoms with E-state index in [1.165, 1.54) is 11.1 Å². The number of rotatable bonds is 0. The molecule has 2 heterocycles. The van der Waals surface area contributed by atoms with Gasteiger partial charge < -0.3 is 11.6 Å². The summed E-state index contributed by atoms with van der Waals surface area (Å²) < 4.78 is 0. The first kappa shape index (κ1) is 8.97. The molecule has 0 bridgehead atoms. The van der Waals surface area contributed by atoms with E-state index >= 15 is 0 Å². The Kier molecular flexibility index (Phi) is 2.79. The maximum Gasteiger partial charge on any atom is 0.215 e. The Balaban J connectivity index is 0.000000132. The van der Waals surface area contributed by atoms with Gasteiger partial charge in [-0.1, -0.05) is 0 Å². The summed E-state index contributed by atoms with van der Waals surface area (Å²) in [4.78, 5) is 4.75. The lowest BCUT2D eigenvalue weighted by Gasteiger charge is -1.85. The molecule has 13 heavy (non-hydrogen) atoms. The van der Waals surface area contributed by atoms with Gasteiger partial charge >= 0.3 is 0 Å². The van der Waals surface area contributed by atoms with Crippen LogP contribution in [0.25, 0.3) is 0 Å². The van der Waals surface area contributed by atoms with Crippen LogP contribution in [0.15, 0.2) is 12.5 Å². The summed E-state index contributed by atoms with van der Waals surface area (Å²) in [5.74, 6) is 5.54. The molecular formula is C5H10N8. The molecule has 5 N–H and O–H groups in total. The highest BCUT2D eigenvalue weighted by atomic mass is 15.6. The second-order valence-corrected chi connectivity index (χ2v) is 2.19. The molecule has 0 fully saturated rings. The van der Waals surface area contributed by atoms with E-state index in [4.69, 9.17) is 11.6 Å². The smallest absolute Gasteiger partial charge is 0.215 e. The van der Waals surface area contributed by atoms with Crippen molar-refractivity contribution in [3.05, 3.63) is 18.2 Å². The van der Waals surface area contributed by atoms with Gasteiger partial charge in [0.1, 0.15) is 6.33 Å². The van der Waals surface area contributed by atoms with Crippen LogP contribution >= 0.6 is 0 Å². The molecule has 0 atom stereocenters. The van der Waals surface area contributed by atoms with Crippen LogP contribution < -0.4 is 11.6 Å². The minimum atomic E-state index is 0.356. The van der Waals surface area contributed by atoms with Crippen molar-refractivity contribution in [2.75, 3.05) is 11.6 Å². The Bertz CT molecular complexity index is 319. The zero-order chi connectivity index (χ0) is 9.68. The third kappa shape index (κ3) is 2.77. The molecule has 0 saturated carbocycles. The summed E-state index contributed by atoms with van der Waals surface area (Å²) in [6.07, 6.45) is 2.95. The predicted octanol–water partition coefficient (Wildman–Crippen LogP) is -1.31. The summed E-state index contributed by atoms with van der Waals surface area (Å²) in [5.41, 5.74) is 5.91. The average Bonchev–Trinajstić information content (AvgIpc) is 2.67. The number of anilines is 1. The van der Waals surface area contributed by atoms with Gasteiger partial charge in [0.2, 0.25) is 5.95 Å². The summed E-state index contributed by atoms with van der Waals surface area (Å²) in [6.45, 7) is 1.83. The number of hydrogen-bond acceptors (Lipinski definition) is 6. The molecule has 0 aromatic carbocycles. The standard InChI is InChI=1S/C3H6N4.C2H4N4/c1-3-2-5-6-7(3)4;3-2-4-1-5-6-2/h2H,4H2,1H3;1H,(H3,3,4,5,6). The first-order chi connectivity index (χ1) is 6.20. The maximum absolute atomic E-state index is 5.18. The lowest BCUT2D eigenvalue weighted by atomic mass is 10.6. The fraction of sp³-hybridized carbons (Fsp3) is 0.200. The van der Waals surface area contributed by atoms with Crippen LogP contribution in [0.4, 0.5) is 5.95 Å². The molecule has 2 rings (SSSR count). The first-order valence-electron chi connectivity index (χ1n) is 3.43. The third-order valence-electron chi connectivity index (χ3n) is 1.19. The number of nitrogen functional groups attached to an aromatic ring is 2. The van der Waals surface area contributed by atoms with Crippen LogP contribution in [0.3, 0.4) is 0 Å². The van der Waals surface area contributed by atoms with Gasteiger partial charge in [-0.2, -0.15) is 9.89 Å². The van der Waals surface area contributed by atoms with Crippen molar-refractivity contribution in [1.82, 2.24) is 30.3 Å². The van der Waals surface area contributed by atoms with Gasteiger partial charge in [-0.25, -0.2) is 10.1 Å². The van der Waals surface area contributed by atoms with E-state index in [2.05, 4.69) is 25.5 Å². The highest BCUT2D eigenvalue weighted by Crippen LogP contribution is 1.82. The Hall–Kier alpha value is -2.12. The molecule has 8 heteroatoms. The van der Waals surface area contributed by atoms with Gasteiger partial charge in [-0.05, 0) is 12.1 Å². The Morgan fingerprint density at radius 3 is 2.46 bits per heavy atom. The number of H-pyrrole nitrogens is 1. The molecule has 0 aliphatic rings. The molecule has 2 aromatic heterocycles. The number of aryl methyl sites for hydroxylation is 1. The zero-order valence-electron chi connectivity index (χ0n) is 7.05. The van der Waals surface area contributed by atoms with E-state index in [1.54, 1.807) is 6.20 Å². The number of nitrogens with one attached hydrogen (secondary N) is 1. The van der Waals surface area contributed by atoms with Crippen LogP contribution in [0.5, 0.6) is 0 Å². The van der Waals surface area contributed by atoms with Gasteiger partial charge in [0.25, 0.3) is 0 Å². The van der Waals surface area contributed by atoms with E-state index in [-0.39, 0.29) is 0 Å². The van der Waals surface area contributed by atoms with E-state index in [0.717, 1.165) is 5.69 Å². The van der Waals surface area contributed by atoms with Gasteiger partial charge in [0.05, 0.1) is 11.9 Å². The van der Waals surface area contributed by atoms with Crippen molar-refractivity contribution in [3.63, 3.8) is 0 Å².